The van der Waals surface area contributed by atoms with Crippen molar-refractivity contribution < 1.29 is 14.3 Å². The zero-order chi connectivity index (χ0) is 15.5. The molecule has 2 aromatic rings. The highest BCUT2D eigenvalue weighted by Crippen LogP contribution is 2.20. The van der Waals surface area contributed by atoms with E-state index >= 15 is 0 Å². The molecule has 0 aliphatic carbocycles. The molecule has 0 bridgehead atoms. The summed E-state index contributed by atoms with van der Waals surface area (Å²) in [6.07, 6.45) is 0.603. The van der Waals surface area contributed by atoms with Crippen molar-refractivity contribution in [2.45, 2.75) is 18.9 Å². The molecular formula is C14H15FN4O2S. The van der Waals surface area contributed by atoms with E-state index in [-0.39, 0.29) is 11.8 Å². The summed E-state index contributed by atoms with van der Waals surface area (Å²) in [6, 6.07) is 6.01. The topological polar surface area (TPSA) is 78.4 Å². The predicted molar refractivity (Wildman–Crippen MR) is 80.3 cm³/mol. The van der Waals surface area contributed by atoms with E-state index in [2.05, 4.69) is 15.5 Å². The molecule has 2 amide bonds. The van der Waals surface area contributed by atoms with Gasteiger partial charge < -0.3 is 10.0 Å². The Labute approximate surface area is 130 Å². The van der Waals surface area contributed by atoms with Crippen molar-refractivity contribution in [2.24, 2.45) is 0 Å². The Hall–Kier alpha value is -2.06. The Morgan fingerprint density at radius 2 is 2.36 bits per heavy atom. The first-order valence-corrected chi connectivity index (χ1v) is 7.72. The summed E-state index contributed by atoms with van der Waals surface area (Å²) in [7, 11) is 0. The number of halogens is 1. The van der Waals surface area contributed by atoms with Gasteiger partial charge >= 0.3 is 6.03 Å². The molecule has 2 heterocycles. The first kappa shape index (κ1) is 14.9. The van der Waals surface area contributed by atoms with Gasteiger partial charge in [0.2, 0.25) is 5.13 Å². The second kappa shape index (κ2) is 6.37. The van der Waals surface area contributed by atoms with Gasteiger partial charge in [-0.2, -0.15) is 0 Å². The molecular weight excluding hydrogens is 307 g/mol. The average molecular weight is 322 g/mol. The van der Waals surface area contributed by atoms with Gasteiger partial charge in [-0.05, 0) is 24.1 Å². The molecule has 1 saturated heterocycles. The standard InChI is InChI=1S/C14H15FN4O2S/c15-10-3-1-2-9(6-10)7-12-17-18-13(22-12)16-14(21)19-5-4-11(20)8-19/h1-3,6,11,20H,4-5,7-8H2,(H,16,18,21)/t11-/m1/s1. The summed E-state index contributed by atoms with van der Waals surface area (Å²) < 4.78 is 13.1. The van der Waals surface area contributed by atoms with Crippen LogP contribution in [0.15, 0.2) is 24.3 Å². The van der Waals surface area contributed by atoms with Crippen LogP contribution in [-0.2, 0) is 6.42 Å². The Morgan fingerprint density at radius 1 is 1.50 bits per heavy atom. The number of nitrogens with zero attached hydrogens (tertiary/aromatic N) is 3. The number of benzene rings is 1. The van der Waals surface area contributed by atoms with Gasteiger partial charge in [-0.25, -0.2) is 9.18 Å². The average Bonchev–Trinajstić information content (AvgIpc) is 3.08. The van der Waals surface area contributed by atoms with E-state index in [0.717, 1.165) is 5.56 Å². The van der Waals surface area contributed by atoms with Crippen LogP contribution in [0.3, 0.4) is 0 Å². The highest BCUT2D eigenvalue weighted by atomic mass is 32.1. The number of aliphatic hydroxyl groups is 1. The fraction of sp³-hybridized carbons (Fsp3) is 0.357. The van der Waals surface area contributed by atoms with Gasteiger partial charge in [-0.3, -0.25) is 5.32 Å². The van der Waals surface area contributed by atoms with Crippen LogP contribution in [0.25, 0.3) is 0 Å². The molecule has 116 valence electrons. The van der Waals surface area contributed by atoms with Crippen LogP contribution in [0.5, 0.6) is 0 Å². The molecule has 22 heavy (non-hydrogen) atoms. The van der Waals surface area contributed by atoms with Crippen molar-refractivity contribution in [3.63, 3.8) is 0 Å². The van der Waals surface area contributed by atoms with E-state index in [4.69, 9.17) is 0 Å². The molecule has 1 aliphatic rings. The van der Waals surface area contributed by atoms with Crippen molar-refractivity contribution in [2.75, 3.05) is 18.4 Å². The monoisotopic (exact) mass is 322 g/mol. The molecule has 1 atom stereocenters. The summed E-state index contributed by atoms with van der Waals surface area (Å²) in [4.78, 5) is 13.5. The number of carbonyl (C=O) groups excluding carboxylic acids is 1. The Balaban J connectivity index is 1.60. The zero-order valence-corrected chi connectivity index (χ0v) is 12.5. The van der Waals surface area contributed by atoms with Crippen LogP contribution in [0.1, 0.15) is 17.0 Å². The van der Waals surface area contributed by atoms with Gasteiger partial charge in [0.15, 0.2) is 0 Å². The summed E-state index contributed by atoms with van der Waals surface area (Å²) in [5.74, 6) is -0.289. The van der Waals surface area contributed by atoms with E-state index in [0.29, 0.717) is 36.1 Å². The number of amides is 2. The molecule has 1 aliphatic heterocycles. The number of hydrogen-bond donors (Lipinski definition) is 2. The second-order valence-corrected chi connectivity index (χ2v) is 6.19. The highest BCUT2D eigenvalue weighted by molar-refractivity contribution is 7.15. The molecule has 0 spiro atoms. The SMILES string of the molecule is O=C(Nc1nnc(Cc2cccc(F)c2)s1)N1CC[C@@H](O)C1. The van der Waals surface area contributed by atoms with E-state index in [1.807, 2.05) is 6.07 Å². The minimum Gasteiger partial charge on any atom is -0.391 e. The van der Waals surface area contributed by atoms with E-state index in [9.17, 15) is 14.3 Å². The minimum absolute atomic E-state index is 0.287. The maximum absolute atomic E-state index is 13.1. The lowest BCUT2D eigenvalue weighted by molar-refractivity contribution is 0.176. The quantitative estimate of drug-likeness (QED) is 0.904. The van der Waals surface area contributed by atoms with Crippen LogP contribution in [-0.4, -0.2) is 45.4 Å². The molecule has 0 unspecified atom stereocenters. The van der Waals surface area contributed by atoms with Crippen molar-refractivity contribution in [3.05, 3.63) is 40.7 Å². The normalized spacial score (nSPS) is 17.7. The van der Waals surface area contributed by atoms with Gasteiger partial charge in [-0.1, -0.05) is 23.5 Å². The number of likely N-dealkylation sites (tertiary alicyclic amines) is 1. The smallest absolute Gasteiger partial charge is 0.323 e. The number of anilines is 1. The fourth-order valence-electron chi connectivity index (χ4n) is 2.29. The van der Waals surface area contributed by atoms with Crippen LogP contribution in [0, 0.1) is 5.82 Å². The lowest BCUT2D eigenvalue weighted by Gasteiger charge is -2.14. The van der Waals surface area contributed by atoms with Gasteiger partial charge in [0.05, 0.1) is 6.10 Å². The van der Waals surface area contributed by atoms with Gasteiger partial charge in [0.25, 0.3) is 0 Å². The summed E-state index contributed by atoms with van der Waals surface area (Å²) in [5.41, 5.74) is 0.802. The van der Waals surface area contributed by atoms with Crippen LogP contribution >= 0.6 is 11.3 Å². The lowest BCUT2D eigenvalue weighted by atomic mass is 10.1. The van der Waals surface area contributed by atoms with Crippen LogP contribution in [0.2, 0.25) is 0 Å². The summed E-state index contributed by atoms with van der Waals surface area (Å²) in [5, 5.41) is 21.1. The lowest BCUT2D eigenvalue weighted by Crippen LogP contribution is -2.33. The molecule has 6 nitrogen and oxygen atoms in total. The third-order valence-electron chi connectivity index (χ3n) is 3.38. The number of carbonyl (C=O) groups is 1. The van der Waals surface area contributed by atoms with Crippen molar-refractivity contribution in [1.29, 1.82) is 0 Å². The second-order valence-electron chi connectivity index (χ2n) is 5.13. The maximum atomic E-state index is 13.1. The molecule has 3 rings (SSSR count). The molecule has 1 aromatic carbocycles. The largest absolute Gasteiger partial charge is 0.391 e. The first-order chi connectivity index (χ1) is 10.6. The highest BCUT2D eigenvalue weighted by Gasteiger charge is 2.25. The van der Waals surface area contributed by atoms with Crippen LogP contribution in [0.4, 0.5) is 14.3 Å². The number of nitrogens with one attached hydrogen (secondary N) is 1. The minimum atomic E-state index is -0.455. The fourth-order valence-corrected chi connectivity index (χ4v) is 3.06. The van der Waals surface area contributed by atoms with Crippen molar-refractivity contribution >= 4 is 22.5 Å². The van der Waals surface area contributed by atoms with E-state index in [1.165, 1.54) is 28.4 Å². The summed E-state index contributed by atoms with van der Waals surface area (Å²) >= 11 is 1.26. The number of rotatable bonds is 3. The molecule has 0 radical (unpaired) electrons. The van der Waals surface area contributed by atoms with Crippen LogP contribution < -0.4 is 5.32 Å². The van der Waals surface area contributed by atoms with E-state index in [1.54, 1.807) is 6.07 Å². The number of aliphatic hydroxyl groups excluding tert-OH is 1. The number of urea groups is 1. The Bertz CT molecular complexity index is 678. The van der Waals surface area contributed by atoms with Gasteiger partial charge in [0, 0.05) is 19.5 Å². The van der Waals surface area contributed by atoms with Crippen molar-refractivity contribution in [1.82, 2.24) is 15.1 Å². The maximum Gasteiger partial charge on any atom is 0.323 e. The van der Waals surface area contributed by atoms with Crippen molar-refractivity contribution in [3.8, 4) is 0 Å². The number of aromatic nitrogens is 2. The summed E-state index contributed by atoms with van der Waals surface area (Å²) in [6.45, 7) is 0.864. The molecule has 8 heteroatoms. The molecule has 0 saturated carbocycles. The predicted octanol–water partition coefficient (Wildman–Crippen LogP) is 1.87. The molecule has 2 N–H and O–H groups in total. The Kier molecular flexibility index (Phi) is 4.30. The third kappa shape index (κ3) is 3.58. The number of β-amino-alcohol motifs (C(OH)–C–C–N with tert-alkyl or cyclic N) is 1. The zero-order valence-electron chi connectivity index (χ0n) is 11.7. The van der Waals surface area contributed by atoms with Gasteiger partial charge in [-0.15, -0.1) is 10.2 Å². The first-order valence-electron chi connectivity index (χ1n) is 6.91. The molecule has 1 aromatic heterocycles. The van der Waals surface area contributed by atoms with Gasteiger partial charge in [0.1, 0.15) is 10.8 Å². The number of hydrogen-bond acceptors (Lipinski definition) is 5. The third-order valence-corrected chi connectivity index (χ3v) is 4.21. The molecule has 1 fully saturated rings. The van der Waals surface area contributed by atoms with E-state index < -0.39 is 6.10 Å². The Morgan fingerprint density at radius 3 is 3.09 bits per heavy atom.